The van der Waals surface area contributed by atoms with Gasteiger partial charge in [0.25, 0.3) is 5.91 Å². The van der Waals surface area contributed by atoms with Gasteiger partial charge in [0.2, 0.25) is 5.76 Å². The number of amides is 1. The summed E-state index contributed by atoms with van der Waals surface area (Å²) in [5.41, 5.74) is 0. The Kier molecular flexibility index (Phi) is 5.13. The largest absolute Gasteiger partial charge is 0.450 e. The highest BCUT2D eigenvalue weighted by atomic mass is 16.7. The first-order valence-corrected chi connectivity index (χ1v) is 7.18. The van der Waals surface area contributed by atoms with E-state index in [4.69, 9.17) is 9.15 Å². The molecule has 1 aliphatic carbocycles. The summed E-state index contributed by atoms with van der Waals surface area (Å²) in [7, 11) is 0. The van der Waals surface area contributed by atoms with Crippen molar-refractivity contribution in [3.8, 4) is 0 Å². The minimum atomic E-state index is -0.903. The molecule has 1 aromatic rings. The molecule has 2 atom stereocenters. The number of nitrogens with one attached hydrogen (secondary N) is 1. The van der Waals surface area contributed by atoms with Crippen LogP contribution in [-0.4, -0.2) is 29.4 Å². The Morgan fingerprint density at radius 1 is 1.41 bits per heavy atom. The van der Waals surface area contributed by atoms with Crippen LogP contribution < -0.4 is 5.32 Å². The Bertz CT molecular complexity index is 567. The first kappa shape index (κ1) is 16.0. The summed E-state index contributed by atoms with van der Waals surface area (Å²) in [5, 5.41) is 13.3. The summed E-state index contributed by atoms with van der Waals surface area (Å²) in [4.78, 5) is 33.1. The predicted molar refractivity (Wildman–Crippen MR) is 75.2 cm³/mol. The Balaban J connectivity index is 1.79. The molecule has 8 heteroatoms. The predicted octanol–water partition coefficient (Wildman–Crippen LogP) is 2.04. The molecule has 0 spiro atoms. The van der Waals surface area contributed by atoms with Crippen molar-refractivity contribution in [3.63, 3.8) is 0 Å². The second kappa shape index (κ2) is 7.06. The fourth-order valence-corrected chi connectivity index (χ4v) is 2.52. The molecule has 22 heavy (non-hydrogen) atoms. The molecule has 1 saturated carbocycles. The zero-order valence-corrected chi connectivity index (χ0v) is 12.2. The normalized spacial score (nSPS) is 21.1. The number of rotatable bonds is 5. The SMILES string of the molecule is C[C@@H]1CCCC[C@@H]1NC(=O)COC(=O)c1ccc([N+](=O)[O-])o1. The van der Waals surface area contributed by atoms with Gasteiger partial charge in [-0.05, 0) is 24.8 Å². The highest BCUT2D eigenvalue weighted by Crippen LogP contribution is 2.23. The van der Waals surface area contributed by atoms with Crippen molar-refractivity contribution < 1.29 is 23.7 Å². The van der Waals surface area contributed by atoms with Crippen LogP contribution >= 0.6 is 0 Å². The van der Waals surface area contributed by atoms with Crippen LogP contribution in [0, 0.1) is 16.0 Å². The number of hydrogen-bond donors (Lipinski definition) is 1. The van der Waals surface area contributed by atoms with Gasteiger partial charge in [-0.2, -0.15) is 0 Å². The van der Waals surface area contributed by atoms with E-state index in [1.54, 1.807) is 0 Å². The number of carbonyl (C=O) groups excluding carboxylic acids is 2. The number of ether oxygens (including phenoxy) is 1. The molecule has 1 N–H and O–H groups in total. The molecular formula is C14H18N2O6. The third-order valence-corrected chi connectivity index (χ3v) is 3.77. The van der Waals surface area contributed by atoms with Gasteiger partial charge in [-0.15, -0.1) is 0 Å². The van der Waals surface area contributed by atoms with Crippen molar-refractivity contribution >= 4 is 17.8 Å². The molecule has 2 rings (SSSR count). The second-order valence-electron chi connectivity index (χ2n) is 5.41. The minimum absolute atomic E-state index is 0.102. The molecule has 0 aliphatic heterocycles. The third kappa shape index (κ3) is 4.06. The van der Waals surface area contributed by atoms with Crippen LogP contribution in [0.5, 0.6) is 0 Å². The molecule has 120 valence electrons. The number of nitro groups is 1. The molecule has 0 radical (unpaired) electrons. The lowest BCUT2D eigenvalue weighted by molar-refractivity contribution is -0.402. The first-order valence-electron chi connectivity index (χ1n) is 7.18. The summed E-state index contributed by atoms with van der Waals surface area (Å²) in [6, 6.07) is 2.30. The van der Waals surface area contributed by atoms with E-state index in [2.05, 4.69) is 12.2 Å². The highest BCUT2D eigenvalue weighted by molar-refractivity contribution is 5.89. The quantitative estimate of drug-likeness (QED) is 0.506. The van der Waals surface area contributed by atoms with Crippen LogP contribution in [0.3, 0.4) is 0 Å². The van der Waals surface area contributed by atoms with E-state index in [1.807, 2.05) is 0 Å². The monoisotopic (exact) mass is 310 g/mol. The molecule has 8 nitrogen and oxygen atoms in total. The van der Waals surface area contributed by atoms with Crippen LogP contribution in [0.2, 0.25) is 0 Å². The van der Waals surface area contributed by atoms with Crippen molar-refractivity contribution in [2.75, 3.05) is 6.61 Å². The van der Waals surface area contributed by atoms with Crippen molar-refractivity contribution in [3.05, 3.63) is 28.0 Å². The number of hydrogen-bond acceptors (Lipinski definition) is 6. The van der Waals surface area contributed by atoms with Crippen molar-refractivity contribution in [2.45, 2.75) is 38.6 Å². The van der Waals surface area contributed by atoms with E-state index < -0.39 is 23.4 Å². The van der Waals surface area contributed by atoms with Crippen molar-refractivity contribution in [1.29, 1.82) is 0 Å². The van der Waals surface area contributed by atoms with Gasteiger partial charge in [0.15, 0.2) is 6.61 Å². The standard InChI is InChI=1S/C14H18N2O6/c1-9-4-2-3-5-10(9)15-12(17)8-21-14(18)11-6-7-13(22-11)16(19)20/h6-7,9-10H,2-5,8H2,1H3,(H,15,17)/t9-,10+/m1/s1. The first-order chi connectivity index (χ1) is 10.5. The van der Waals surface area contributed by atoms with Gasteiger partial charge in [-0.1, -0.05) is 19.8 Å². The van der Waals surface area contributed by atoms with Crippen LogP contribution in [0.4, 0.5) is 5.88 Å². The van der Waals surface area contributed by atoms with Crippen LogP contribution in [0.15, 0.2) is 16.5 Å². The number of nitrogens with zero attached hydrogens (tertiary/aromatic N) is 1. The van der Waals surface area contributed by atoms with E-state index >= 15 is 0 Å². The fraction of sp³-hybridized carbons (Fsp3) is 0.571. The van der Waals surface area contributed by atoms with E-state index in [1.165, 1.54) is 6.42 Å². The minimum Gasteiger partial charge on any atom is -0.450 e. The number of carbonyl (C=O) groups is 2. The highest BCUT2D eigenvalue weighted by Gasteiger charge is 2.24. The van der Waals surface area contributed by atoms with Gasteiger partial charge >= 0.3 is 11.9 Å². The van der Waals surface area contributed by atoms with Gasteiger partial charge < -0.3 is 14.5 Å². The maximum absolute atomic E-state index is 11.8. The summed E-state index contributed by atoms with van der Waals surface area (Å²) in [6.07, 6.45) is 4.23. The zero-order valence-electron chi connectivity index (χ0n) is 12.2. The lowest BCUT2D eigenvalue weighted by Gasteiger charge is -2.29. The van der Waals surface area contributed by atoms with Crippen LogP contribution in [0.25, 0.3) is 0 Å². The van der Waals surface area contributed by atoms with Crippen LogP contribution in [-0.2, 0) is 9.53 Å². The summed E-state index contributed by atoms with van der Waals surface area (Å²) < 4.78 is 9.49. The molecule has 0 saturated heterocycles. The van der Waals surface area contributed by atoms with Crippen LogP contribution in [0.1, 0.15) is 43.2 Å². The molecule has 1 aliphatic rings. The molecule has 1 heterocycles. The third-order valence-electron chi connectivity index (χ3n) is 3.77. The van der Waals surface area contributed by atoms with Gasteiger partial charge in [0.05, 0.1) is 6.07 Å². The Morgan fingerprint density at radius 3 is 2.77 bits per heavy atom. The lowest BCUT2D eigenvalue weighted by Crippen LogP contribution is -2.42. The van der Waals surface area contributed by atoms with Gasteiger partial charge in [-0.3, -0.25) is 14.9 Å². The lowest BCUT2D eigenvalue weighted by atomic mass is 9.86. The van der Waals surface area contributed by atoms with E-state index in [0.717, 1.165) is 31.4 Å². The van der Waals surface area contributed by atoms with E-state index in [9.17, 15) is 19.7 Å². The second-order valence-corrected chi connectivity index (χ2v) is 5.41. The molecule has 0 unspecified atom stereocenters. The average molecular weight is 310 g/mol. The smallest absolute Gasteiger partial charge is 0.433 e. The van der Waals surface area contributed by atoms with Crippen molar-refractivity contribution in [2.24, 2.45) is 5.92 Å². The Morgan fingerprint density at radius 2 is 2.14 bits per heavy atom. The summed E-state index contributed by atoms with van der Waals surface area (Å²) in [6.45, 7) is 1.65. The summed E-state index contributed by atoms with van der Waals surface area (Å²) >= 11 is 0. The molecule has 1 fully saturated rings. The topological polar surface area (TPSA) is 112 Å². The Hall–Kier alpha value is -2.38. The maximum atomic E-state index is 11.8. The fourth-order valence-electron chi connectivity index (χ4n) is 2.52. The number of esters is 1. The van der Waals surface area contributed by atoms with Crippen molar-refractivity contribution in [1.82, 2.24) is 5.32 Å². The molecule has 1 aromatic heterocycles. The van der Waals surface area contributed by atoms with E-state index in [0.29, 0.717) is 5.92 Å². The summed E-state index contributed by atoms with van der Waals surface area (Å²) in [5.74, 6) is -1.73. The zero-order chi connectivity index (χ0) is 16.1. The Labute approximate surface area is 127 Å². The van der Waals surface area contributed by atoms with Gasteiger partial charge in [0, 0.05) is 6.04 Å². The molecular weight excluding hydrogens is 292 g/mol. The maximum Gasteiger partial charge on any atom is 0.433 e. The molecule has 0 aromatic carbocycles. The number of furan rings is 1. The van der Waals surface area contributed by atoms with E-state index in [-0.39, 0.29) is 17.7 Å². The van der Waals surface area contributed by atoms with Gasteiger partial charge in [0.1, 0.15) is 4.92 Å². The van der Waals surface area contributed by atoms with Gasteiger partial charge in [-0.25, -0.2) is 4.79 Å². The molecule has 1 amide bonds. The molecule has 0 bridgehead atoms. The average Bonchev–Trinajstić information content (AvgIpc) is 2.97.